The molecule has 0 aliphatic carbocycles. The van der Waals surface area contributed by atoms with Crippen molar-refractivity contribution in [3.05, 3.63) is 29.6 Å². The first-order valence-corrected chi connectivity index (χ1v) is 7.47. The van der Waals surface area contributed by atoms with Crippen LogP contribution in [0.4, 0.5) is 10.1 Å². The minimum Gasteiger partial charge on any atom is -0.385 e. The van der Waals surface area contributed by atoms with Crippen LogP contribution in [0, 0.1) is 12.7 Å². The fraction of sp³-hybridized carbons (Fsp3) is 0.562. The molecule has 0 radical (unpaired) electrons. The molecule has 1 unspecified atom stereocenters. The molecule has 0 spiro atoms. The molecule has 1 aromatic carbocycles. The molecule has 1 aliphatic rings. The summed E-state index contributed by atoms with van der Waals surface area (Å²) in [5.74, 6) is -0.629. The molecule has 0 saturated carbocycles. The number of halogens is 1. The van der Waals surface area contributed by atoms with E-state index in [1.54, 1.807) is 19.2 Å². The number of ether oxygens (including phenoxy) is 2. The number of carbonyl (C=O) groups is 1. The number of hydrogen-bond acceptors (Lipinski definition) is 4. The Hall–Kier alpha value is -1.50. The minimum atomic E-state index is -0.418. The molecule has 2 rings (SSSR count). The zero-order chi connectivity index (χ0) is 15.9. The van der Waals surface area contributed by atoms with Crippen molar-refractivity contribution in [2.75, 3.05) is 45.3 Å². The van der Waals surface area contributed by atoms with Crippen LogP contribution in [0.1, 0.15) is 12.0 Å². The van der Waals surface area contributed by atoms with Gasteiger partial charge in [-0.15, -0.1) is 0 Å². The second-order valence-corrected chi connectivity index (χ2v) is 5.54. The fourth-order valence-electron chi connectivity index (χ4n) is 2.48. The molecule has 1 saturated heterocycles. The third-order valence-electron chi connectivity index (χ3n) is 3.63. The molecule has 1 aliphatic heterocycles. The standard InChI is InChI=1S/C16H23FN2O3/c1-12-3-4-14(17)15(9-12)18-16(20)11-19-6-8-22-13(10-19)5-7-21-2/h3-4,9,13H,5-8,10-11H2,1-2H3,(H,18,20). The van der Waals surface area contributed by atoms with Crippen LogP contribution in [-0.4, -0.2) is 56.9 Å². The lowest BCUT2D eigenvalue weighted by Gasteiger charge is -2.32. The van der Waals surface area contributed by atoms with Gasteiger partial charge in [-0.3, -0.25) is 9.69 Å². The van der Waals surface area contributed by atoms with Gasteiger partial charge in [0.15, 0.2) is 0 Å². The fourth-order valence-corrected chi connectivity index (χ4v) is 2.48. The van der Waals surface area contributed by atoms with Crippen LogP contribution in [0.15, 0.2) is 18.2 Å². The van der Waals surface area contributed by atoms with Gasteiger partial charge in [0.25, 0.3) is 0 Å². The Morgan fingerprint density at radius 3 is 3.14 bits per heavy atom. The van der Waals surface area contributed by atoms with E-state index >= 15 is 0 Å². The molecule has 1 heterocycles. The Morgan fingerprint density at radius 1 is 1.55 bits per heavy atom. The monoisotopic (exact) mass is 310 g/mol. The van der Waals surface area contributed by atoms with Gasteiger partial charge in [0.05, 0.1) is 24.9 Å². The summed E-state index contributed by atoms with van der Waals surface area (Å²) in [5.41, 5.74) is 1.14. The molecule has 0 aromatic heterocycles. The van der Waals surface area contributed by atoms with Crippen molar-refractivity contribution in [1.29, 1.82) is 0 Å². The molecule has 1 aromatic rings. The highest BCUT2D eigenvalue weighted by molar-refractivity contribution is 5.92. The van der Waals surface area contributed by atoms with Crippen molar-refractivity contribution in [1.82, 2.24) is 4.90 Å². The molecule has 6 heteroatoms. The van der Waals surface area contributed by atoms with E-state index in [2.05, 4.69) is 5.32 Å². The van der Waals surface area contributed by atoms with Gasteiger partial charge in [-0.2, -0.15) is 0 Å². The zero-order valence-electron chi connectivity index (χ0n) is 13.1. The Morgan fingerprint density at radius 2 is 2.36 bits per heavy atom. The summed E-state index contributed by atoms with van der Waals surface area (Å²) in [5, 5.41) is 2.64. The zero-order valence-corrected chi connectivity index (χ0v) is 13.1. The van der Waals surface area contributed by atoms with Crippen LogP contribution < -0.4 is 5.32 Å². The van der Waals surface area contributed by atoms with Crippen molar-refractivity contribution >= 4 is 11.6 Å². The Labute approximate surface area is 130 Å². The molecular weight excluding hydrogens is 287 g/mol. The van der Waals surface area contributed by atoms with Gasteiger partial charge in [-0.25, -0.2) is 4.39 Å². The molecule has 0 bridgehead atoms. The van der Waals surface area contributed by atoms with Crippen LogP contribution in [0.2, 0.25) is 0 Å². The average Bonchev–Trinajstić information content (AvgIpc) is 2.49. The van der Waals surface area contributed by atoms with E-state index in [9.17, 15) is 9.18 Å². The lowest BCUT2D eigenvalue weighted by molar-refractivity contribution is -0.119. The summed E-state index contributed by atoms with van der Waals surface area (Å²) in [6.07, 6.45) is 0.887. The van der Waals surface area contributed by atoms with E-state index in [1.165, 1.54) is 6.07 Å². The summed E-state index contributed by atoms with van der Waals surface area (Å²) < 4.78 is 24.3. The lowest BCUT2D eigenvalue weighted by Crippen LogP contribution is -2.46. The number of benzene rings is 1. The first-order valence-electron chi connectivity index (χ1n) is 7.47. The SMILES string of the molecule is COCCC1CN(CC(=O)Nc2cc(C)ccc2F)CCO1. The van der Waals surface area contributed by atoms with E-state index in [0.717, 1.165) is 12.0 Å². The Balaban J connectivity index is 1.84. The highest BCUT2D eigenvalue weighted by atomic mass is 19.1. The van der Waals surface area contributed by atoms with E-state index < -0.39 is 5.82 Å². The predicted octanol–water partition coefficient (Wildman–Crippen LogP) is 1.81. The third kappa shape index (κ3) is 5.05. The summed E-state index contributed by atoms with van der Waals surface area (Å²) in [7, 11) is 1.66. The van der Waals surface area contributed by atoms with E-state index in [4.69, 9.17) is 9.47 Å². The number of morpholine rings is 1. The molecule has 1 atom stereocenters. The molecule has 1 amide bonds. The summed E-state index contributed by atoms with van der Waals surface area (Å²) >= 11 is 0. The number of rotatable bonds is 6. The topological polar surface area (TPSA) is 50.8 Å². The third-order valence-corrected chi connectivity index (χ3v) is 3.63. The molecular formula is C16H23FN2O3. The minimum absolute atomic E-state index is 0.0807. The normalized spacial score (nSPS) is 19.1. The predicted molar refractivity (Wildman–Crippen MR) is 82.4 cm³/mol. The smallest absolute Gasteiger partial charge is 0.238 e. The summed E-state index contributed by atoms with van der Waals surface area (Å²) in [6, 6.07) is 4.67. The van der Waals surface area contributed by atoms with Crippen LogP contribution >= 0.6 is 0 Å². The van der Waals surface area contributed by atoms with E-state index in [0.29, 0.717) is 26.3 Å². The van der Waals surface area contributed by atoms with Gasteiger partial charge in [0, 0.05) is 26.8 Å². The van der Waals surface area contributed by atoms with Crippen molar-refractivity contribution in [3.8, 4) is 0 Å². The van der Waals surface area contributed by atoms with Crippen molar-refractivity contribution in [2.45, 2.75) is 19.4 Å². The van der Waals surface area contributed by atoms with Gasteiger partial charge in [-0.1, -0.05) is 6.07 Å². The summed E-state index contributed by atoms with van der Waals surface area (Å²) in [4.78, 5) is 14.1. The molecule has 122 valence electrons. The quantitative estimate of drug-likeness (QED) is 0.871. The van der Waals surface area contributed by atoms with Crippen molar-refractivity contribution in [2.24, 2.45) is 0 Å². The molecule has 5 nitrogen and oxygen atoms in total. The van der Waals surface area contributed by atoms with Crippen molar-refractivity contribution in [3.63, 3.8) is 0 Å². The van der Waals surface area contributed by atoms with Crippen LogP contribution in [0.5, 0.6) is 0 Å². The maximum absolute atomic E-state index is 13.6. The number of hydrogen-bond donors (Lipinski definition) is 1. The second kappa shape index (κ2) is 8.22. The largest absolute Gasteiger partial charge is 0.385 e. The average molecular weight is 310 g/mol. The molecule has 1 N–H and O–H groups in total. The van der Waals surface area contributed by atoms with Crippen LogP contribution in [-0.2, 0) is 14.3 Å². The highest BCUT2D eigenvalue weighted by Gasteiger charge is 2.22. The first kappa shape index (κ1) is 16.9. The van der Waals surface area contributed by atoms with Gasteiger partial charge < -0.3 is 14.8 Å². The van der Waals surface area contributed by atoms with Gasteiger partial charge >= 0.3 is 0 Å². The Kier molecular flexibility index (Phi) is 6.30. The Bertz CT molecular complexity index is 510. The first-order chi connectivity index (χ1) is 10.6. The maximum Gasteiger partial charge on any atom is 0.238 e. The van der Waals surface area contributed by atoms with Crippen LogP contribution in [0.3, 0.4) is 0 Å². The lowest BCUT2D eigenvalue weighted by atomic mass is 10.2. The summed E-state index contributed by atoms with van der Waals surface area (Å²) in [6.45, 7) is 4.72. The van der Waals surface area contributed by atoms with Crippen molar-refractivity contribution < 1.29 is 18.7 Å². The number of nitrogens with zero attached hydrogens (tertiary/aromatic N) is 1. The van der Waals surface area contributed by atoms with Gasteiger partial charge in [0.1, 0.15) is 5.82 Å². The maximum atomic E-state index is 13.6. The van der Waals surface area contributed by atoms with E-state index in [-0.39, 0.29) is 24.2 Å². The van der Waals surface area contributed by atoms with Gasteiger partial charge in [-0.05, 0) is 31.0 Å². The highest BCUT2D eigenvalue weighted by Crippen LogP contribution is 2.16. The molecule has 22 heavy (non-hydrogen) atoms. The van der Waals surface area contributed by atoms with E-state index in [1.807, 2.05) is 11.8 Å². The number of anilines is 1. The number of amides is 1. The van der Waals surface area contributed by atoms with Gasteiger partial charge in [0.2, 0.25) is 5.91 Å². The number of nitrogens with one attached hydrogen (secondary N) is 1. The second-order valence-electron chi connectivity index (χ2n) is 5.54. The number of aryl methyl sites for hydroxylation is 1. The molecule has 1 fully saturated rings. The number of carbonyl (C=O) groups excluding carboxylic acids is 1. The van der Waals surface area contributed by atoms with Crippen LogP contribution in [0.25, 0.3) is 0 Å². The number of methoxy groups -OCH3 is 1.